The van der Waals surface area contributed by atoms with Crippen LogP contribution >= 0.6 is 11.6 Å². The summed E-state index contributed by atoms with van der Waals surface area (Å²) in [7, 11) is 0. The van der Waals surface area contributed by atoms with Crippen LogP contribution in [0.1, 0.15) is 25.7 Å². The molecular formula is C19H22ClN3O. The maximum atomic E-state index is 12.7. The van der Waals surface area contributed by atoms with Crippen LogP contribution in [0, 0.1) is 5.92 Å². The number of hydrogen-bond acceptors (Lipinski definition) is 3. The summed E-state index contributed by atoms with van der Waals surface area (Å²) in [4.78, 5) is 21.7. The lowest BCUT2D eigenvalue weighted by atomic mass is 10.0. The summed E-state index contributed by atoms with van der Waals surface area (Å²) in [5, 5.41) is 1.77. The molecule has 0 radical (unpaired) electrons. The number of piperidine rings is 1. The molecule has 1 atom stereocenters. The zero-order valence-electron chi connectivity index (χ0n) is 13.7. The highest BCUT2D eigenvalue weighted by molar-refractivity contribution is 6.31. The maximum absolute atomic E-state index is 12.7. The molecule has 0 N–H and O–H groups in total. The summed E-state index contributed by atoms with van der Waals surface area (Å²) < 4.78 is 0. The van der Waals surface area contributed by atoms with E-state index in [1.54, 1.807) is 0 Å². The Kier molecular flexibility index (Phi) is 4.31. The average molecular weight is 344 g/mol. The molecule has 24 heavy (non-hydrogen) atoms. The van der Waals surface area contributed by atoms with Crippen molar-refractivity contribution < 1.29 is 4.79 Å². The summed E-state index contributed by atoms with van der Waals surface area (Å²) in [6, 6.07) is 9.84. The zero-order valence-corrected chi connectivity index (χ0v) is 14.5. The van der Waals surface area contributed by atoms with E-state index in [2.05, 4.69) is 15.9 Å². The lowest BCUT2D eigenvalue weighted by Crippen LogP contribution is -2.40. The Balaban J connectivity index is 1.48. The number of benzene rings is 1. The third-order valence-electron chi connectivity index (χ3n) is 5.17. The molecule has 2 aliphatic rings. The first-order chi connectivity index (χ1) is 11.7. The van der Waals surface area contributed by atoms with Gasteiger partial charge in [-0.1, -0.05) is 11.6 Å². The molecule has 1 amide bonds. The number of carbonyl (C=O) groups is 1. The Bertz CT molecular complexity index is 757. The van der Waals surface area contributed by atoms with Gasteiger partial charge in [-0.25, -0.2) is 4.98 Å². The Morgan fingerprint density at radius 2 is 1.92 bits per heavy atom. The second-order valence-electron chi connectivity index (χ2n) is 6.82. The van der Waals surface area contributed by atoms with E-state index >= 15 is 0 Å². The van der Waals surface area contributed by atoms with E-state index in [-0.39, 0.29) is 5.92 Å². The average Bonchev–Trinajstić information content (AvgIpc) is 3.11. The Labute approximate surface area is 147 Å². The van der Waals surface area contributed by atoms with Crippen LogP contribution in [0.3, 0.4) is 0 Å². The molecule has 3 heterocycles. The number of anilines is 1. The molecule has 4 nitrogen and oxygen atoms in total. The number of nitrogens with zero attached hydrogens (tertiary/aromatic N) is 3. The van der Waals surface area contributed by atoms with Crippen LogP contribution in [0.4, 0.5) is 5.82 Å². The Morgan fingerprint density at radius 1 is 1.08 bits per heavy atom. The molecule has 1 aromatic heterocycles. The van der Waals surface area contributed by atoms with E-state index in [4.69, 9.17) is 16.6 Å². The lowest BCUT2D eigenvalue weighted by Gasteiger charge is -2.29. The summed E-state index contributed by atoms with van der Waals surface area (Å²) in [5.41, 5.74) is 0.947. The molecule has 126 valence electrons. The van der Waals surface area contributed by atoms with Gasteiger partial charge in [-0.05, 0) is 56.0 Å². The van der Waals surface area contributed by atoms with E-state index in [0.29, 0.717) is 5.91 Å². The van der Waals surface area contributed by atoms with Gasteiger partial charge in [-0.15, -0.1) is 0 Å². The predicted molar refractivity (Wildman–Crippen MR) is 97.5 cm³/mol. The van der Waals surface area contributed by atoms with Crippen molar-refractivity contribution in [1.82, 2.24) is 9.88 Å². The summed E-state index contributed by atoms with van der Waals surface area (Å²) in [5.74, 6) is 1.41. The van der Waals surface area contributed by atoms with Crippen molar-refractivity contribution in [2.24, 2.45) is 5.92 Å². The Morgan fingerprint density at radius 3 is 2.75 bits per heavy atom. The quantitative estimate of drug-likeness (QED) is 0.833. The smallest absolute Gasteiger partial charge is 0.227 e. The fourth-order valence-corrected chi connectivity index (χ4v) is 3.98. The molecule has 1 aromatic carbocycles. The van der Waals surface area contributed by atoms with Gasteiger partial charge < -0.3 is 9.80 Å². The monoisotopic (exact) mass is 343 g/mol. The molecule has 2 aliphatic heterocycles. The number of fused-ring (bicyclic) bond motifs is 1. The zero-order chi connectivity index (χ0) is 16.5. The maximum Gasteiger partial charge on any atom is 0.227 e. The molecule has 2 fully saturated rings. The number of aromatic nitrogens is 1. The van der Waals surface area contributed by atoms with Gasteiger partial charge >= 0.3 is 0 Å². The van der Waals surface area contributed by atoms with Crippen LogP contribution in [-0.4, -0.2) is 42.0 Å². The molecule has 2 aromatic rings. The molecule has 4 rings (SSSR count). The van der Waals surface area contributed by atoms with Crippen molar-refractivity contribution in [3.63, 3.8) is 0 Å². The second kappa shape index (κ2) is 6.60. The highest BCUT2D eigenvalue weighted by atomic mass is 35.5. The van der Waals surface area contributed by atoms with E-state index in [9.17, 15) is 4.79 Å². The lowest BCUT2D eigenvalue weighted by molar-refractivity contribution is -0.135. The fourth-order valence-electron chi connectivity index (χ4n) is 3.80. The van der Waals surface area contributed by atoms with Crippen molar-refractivity contribution >= 4 is 34.2 Å². The Hall–Kier alpha value is -1.81. The number of likely N-dealkylation sites (tertiary alicyclic amines) is 1. The third-order valence-corrected chi connectivity index (χ3v) is 5.40. The van der Waals surface area contributed by atoms with Crippen molar-refractivity contribution in [2.45, 2.75) is 25.7 Å². The molecule has 2 saturated heterocycles. The van der Waals surface area contributed by atoms with E-state index in [0.717, 1.165) is 67.2 Å². The van der Waals surface area contributed by atoms with Gasteiger partial charge in [0.25, 0.3) is 0 Å². The van der Waals surface area contributed by atoms with Crippen LogP contribution in [0.5, 0.6) is 0 Å². The van der Waals surface area contributed by atoms with Gasteiger partial charge in [-0.2, -0.15) is 0 Å². The van der Waals surface area contributed by atoms with Crippen LogP contribution in [0.25, 0.3) is 10.9 Å². The molecule has 0 spiro atoms. The van der Waals surface area contributed by atoms with Gasteiger partial charge in [0.05, 0.1) is 11.4 Å². The number of amides is 1. The first kappa shape index (κ1) is 15.7. The number of pyridine rings is 1. The number of carbonyl (C=O) groups excluding carboxylic acids is 1. The van der Waals surface area contributed by atoms with E-state index in [1.165, 1.54) is 6.42 Å². The number of rotatable bonds is 2. The minimum atomic E-state index is 0.116. The second-order valence-corrected chi connectivity index (χ2v) is 7.26. The van der Waals surface area contributed by atoms with E-state index in [1.807, 2.05) is 24.3 Å². The first-order valence-corrected chi connectivity index (χ1v) is 9.18. The first-order valence-electron chi connectivity index (χ1n) is 8.81. The topological polar surface area (TPSA) is 36.4 Å². The van der Waals surface area contributed by atoms with Crippen molar-refractivity contribution in [1.29, 1.82) is 0 Å². The highest BCUT2D eigenvalue weighted by Crippen LogP contribution is 2.27. The highest BCUT2D eigenvalue weighted by Gasteiger charge is 2.32. The van der Waals surface area contributed by atoms with Crippen molar-refractivity contribution in [3.8, 4) is 0 Å². The summed E-state index contributed by atoms with van der Waals surface area (Å²) in [6.07, 6.45) is 4.48. The molecular weight excluding hydrogens is 322 g/mol. The minimum absolute atomic E-state index is 0.116. The molecule has 0 aliphatic carbocycles. The number of hydrogen-bond donors (Lipinski definition) is 0. The molecule has 0 bridgehead atoms. The predicted octanol–water partition coefficient (Wildman–Crippen LogP) is 3.73. The van der Waals surface area contributed by atoms with Crippen molar-refractivity contribution in [2.75, 3.05) is 31.1 Å². The fraction of sp³-hybridized carbons (Fsp3) is 0.474. The minimum Gasteiger partial charge on any atom is -0.356 e. The molecule has 1 unspecified atom stereocenters. The third kappa shape index (κ3) is 3.07. The van der Waals surface area contributed by atoms with Gasteiger partial charge in [0.2, 0.25) is 5.91 Å². The van der Waals surface area contributed by atoms with Crippen molar-refractivity contribution in [3.05, 3.63) is 35.4 Å². The summed E-state index contributed by atoms with van der Waals surface area (Å²) >= 11 is 6.03. The van der Waals surface area contributed by atoms with Crippen LogP contribution in [-0.2, 0) is 4.79 Å². The van der Waals surface area contributed by atoms with Crippen LogP contribution < -0.4 is 4.90 Å². The van der Waals surface area contributed by atoms with E-state index < -0.39 is 0 Å². The van der Waals surface area contributed by atoms with Gasteiger partial charge in [-0.3, -0.25) is 4.79 Å². The molecule has 0 saturated carbocycles. The number of halogens is 1. The normalized spacial score (nSPS) is 21.5. The SMILES string of the molecule is O=C(C1CCN(c2ccc3cc(Cl)ccc3n2)C1)N1CCCCC1. The van der Waals surface area contributed by atoms with Gasteiger partial charge in [0.15, 0.2) is 0 Å². The van der Waals surface area contributed by atoms with Gasteiger partial charge in [0.1, 0.15) is 5.82 Å². The van der Waals surface area contributed by atoms with Gasteiger partial charge in [0, 0.05) is 36.6 Å². The molecule has 5 heteroatoms. The van der Waals surface area contributed by atoms with Crippen LogP contribution in [0.15, 0.2) is 30.3 Å². The largest absolute Gasteiger partial charge is 0.356 e. The standard InChI is InChI=1S/C19H22ClN3O/c20-16-5-6-17-14(12-16)4-7-18(21-17)23-11-8-15(13-23)19(24)22-9-2-1-3-10-22/h4-7,12,15H,1-3,8-11,13H2. The van der Waals surface area contributed by atoms with Crippen LogP contribution in [0.2, 0.25) is 5.02 Å². The summed E-state index contributed by atoms with van der Waals surface area (Å²) in [6.45, 7) is 3.55.